The second kappa shape index (κ2) is 8.18. The third-order valence-electron chi connectivity index (χ3n) is 4.74. The van der Waals surface area contributed by atoms with E-state index in [2.05, 4.69) is 11.6 Å². The largest absolute Gasteiger partial charge is 0.508 e. The van der Waals surface area contributed by atoms with Gasteiger partial charge < -0.3 is 9.84 Å². The number of imidazole rings is 1. The maximum absolute atomic E-state index is 13.6. The van der Waals surface area contributed by atoms with Crippen LogP contribution in [0.25, 0.3) is 11.4 Å². The van der Waals surface area contributed by atoms with Gasteiger partial charge in [-0.15, -0.1) is 0 Å². The number of nitrogens with zero attached hydrogens (tertiary/aromatic N) is 3. The highest BCUT2D eigenvalue weighted by Crippen LogP contribution is 2.26. The zero-order chi connectivity index (χ0) is 21.1. The molecule has 0 spiro atoms. The van der Waals surface area contributed by atoms with Crippen LogP contribution >= 0.6 is 0 Å². The molecule has 0 amide bonds. The Labute approximate surface area is 167 Å². The molecule has 0 saturated heterocycles. The molecule has 0 aliphatic rings. The van der Waals surface area contributed by atoms with Crippen molar-refractivity contribution in [3.63, 3.8) is 0 Å². The lowest BCUT2D eigenvalue weighted by Gasteiger charge is -2.14. The Hall–Kier alpha value is -3.61. The van der Waals surface area contributed by atoms with Gasteiger partial charge in [-0.25, -0.2) is 9.18 Å². The van der Waals surface area contributed by atoms with Crippen molar-refractivity contribution in [2.45, 2.75) is 19.9 Å². The molecule has 0 saturated carbocycles. The lowest BCUT2D eigenvalue weighted by Crippen LogP contribution is -2.26. The van der Waals surface area contributed by atoms with Crippen molar-refractivity contribution in [1.82, 2.24) is 14.1 Å². The number of benzene rings is 1. The quantitative estimate of drug-likeness (QED) is 0.639. The first-order valence-electron chi connectivity index (χ1n) is 9.03. The van der Waals surface area contributed by atoms with Gasteiger partial charge in [0.15, 0.2) is 0 Å². The van der Waals surface area contributed by atoms with Gasteiger partial charge in [0, 0.05) is 24.0 Å². The fraction of sp³-hybridized carbons (Fsp3) is 0.182. The summed E-state index contributed by atoms with van der Waals surface area (Å²) < 4.78 is 21.8. The van der Waals surface area contributed by atoms with E-state index in [4.69, 9.17) is 4.74 Å². The maximum atomic E-state index is 13.6. The van der Waals surface area contributed by atoms with Crippen LogP contribution < -0.4 is 10.4 Å². The first-order valence-corrected chi connectivity index (χ1v) is 9.03. The number of hydrogen-bond acceptors (Lipinski definition) is 4. The highest BCUT2D eigenvalue weighted by Gasteiger charge is 2.17. The number of rotatable bonds is 6. The molecule has 2 aromatic heterocycles. The van der Waals surface area contributed by atoms with Gasteiger partial charge in [0.2, 0.25) is 5.88 Å². The van der Waals surface area contributed by atoms with Crippen molar-refractivity contribution in [3.05, 3.63) is 88.9 Å². The number of ether oxygens (including phenoxy) is 1. The Kier molecular flexibility index (Phi) is 5.68. The molecule has 3 aromatic rings. The van der Waals surface area contributed by atoms with E-state index in [9.17, 15) is 14.3 Å². The van der Waals surface area contributed by atoms with Crippen molar-refractivity contribution in [2.75, 3.05) is 7.11 Å². The Morgan fingerprint density at radius 2 is 2.07 bits per heavy atom. The van der Waals surface area contributed by atoms with Crippen LogP contribution in [0.1, 0.15) is 31.0 Å². The molecule has 2 heterocycles. The zero-order valence-corrected chi connectivity index (χ0v) is 16.5. The van der Waals surface area contributed by atoms with Gasteiger partial charge in [0.1, 0.15) is 17.4 Å². The first kappa shape index (κ1) is 20.1. The molecule has 6 nitrogen and oxygen atoms in total. The number of pyridine rings is 1. The number of allylic oxidation sites excluding steroid dienone is 3. The zero-order valence-electron chi connectivity index (χ0n) is 16.5. The molecule has 0 aliphatic heterocycles. The van der Waals surface area contributed by atoms with Crippen molar-refractivity contribution < 1.29 is 14.2 Å². The number of halogens is 1. The number of methoxy groups -OCH3 is 1. The van der Waals surface area contributed by atoms with Crippen molar-refractivity contribution in [2.24, 2.45) is 0 Å². The summed E-state index contributed by atoms with van der Waals surface area (Å²) in [5, 5.41) is 9.64. The van der Waals surface area contributed by atoms with Crippen molar-refractivity contribution in [1.29, 1.82) is 0 Å². The molecule has 0 fully saturated rings. The average Bonchev–Trinajstić information content (AvgIpc) is 3.09. The molecule has 150 valence electrons. The van der Waals surface area contributed by atoms with E-state index in [1.165, 1.54) is 28.4 Å². The number of aromatic nitrogens is 3. The predicted octanol–water partition coefficient (Wildman–Crippen LogP) is 4.09. The molecule has 0 aliphatic carbocycles. The van der Waals surface area contributed by atoms with Crippen LogP contribution in [-0.4, -0.2) is 26.3 Å². The maximum Gasteiger partial charge on any atom is 0.334 e. The predicted molar refractivity (Wildman–Crippen MR) is 110 cm³/mol. The number of phenols is 1. The van der Waals surface area contributed by atoms with Crippen LogP contribution in [0.4, 0.5) is 4.39 Å². The van der Waals surface area contributed by atoms with Crippen LogP contribution in [0.2, 0.25) is 0 Å². The molecule has 1 N–H and O–H groups in total. The second-order valence-electron chi connectivity index (χ2n) is 6.45. The monoisotopic (exact) mass is 395 g/mol. The smallest absolute Gasteiger partial charge is 0.334 e. The molecule has 0 bridgehead atoms. The lowest BCUT2D eigenvalue weighted by molar-refractivity contribution is 0.396. The summed E-state index contributed by atoms with van der Waals surface area (Å²) in [6.45, 7) is 7.43. The van der Waals surface area contributed by atoms with Gasteiger partial charge in [0.05, 0.1) is 13.2 Å². The number of aromatic hydroxyl groups is 1. The van der Waals surface area contributed by atoms with Crippen LogP contribution in [0.15, 0.2) is 66.3 Å². The topological polar surface area (TPSA) is 69.3 Å². The summed E-state index contributed by atoms with van der Waals surface area (Å²) in [5.41, 5.74) is 1.76. The fourth-order valence-electron chi connectivity index (χ4n) is 3.18. The number of hydrogen-bond donors (Lipinski definition) is 1. The SMILES string of the molecule is C=C/C(=C\C)c1ccc(-n2ccn(C(C)c3cc(O)cc(F)c3)c2=O)nc1OC. The van der Waals surface area contributed by atoms with Gasteiger partial charge in [-0.05, 0) is 49.2 Å². The van der Waals surface area contributed by atoms with Crippen LogP contribution in [0.5, 0.6) is 11.6 Å². The van der Waals surface area contributed by atoms with E-state index >= 15 is 0 Å². The van der Waals surface area contributed by atoms with Gasteiger partial charge in [0.25, 0.3) is 0 Å². The van der Waals surface area contributed by atoms with Crippen LogP contribution in [0.3, 0.4) is 0 Å². The molecule has 1 aromatic carbocycles. The Morgan fingerprint density at radius 1 is 1.31 bits per heavy atom. The Balaban J connectivity index is 2.03. The molecule has 1 unspecified atom stereocenters. The molecule has 0 radical (unpaired) electrons. The minimum atomic E-state index is -0.566. The van der Waals surface area contributed by atoms with Gasteiger partial charge in [-0.1, -0.05) is 18.7 Å². The highest BCUT2D eigenvalue weighted by molar-refractivity contribution is 5.76. The molecule has 3 rings (SSSR count). The average molecular weight is 395 g/mol. The normalized spacial score (nSPS) is 12.6. The lowest BCUT2D eigenvalue weighted by atomic mass is 10.1. The van der Waals surface area contributed by atoms with E-state index in [0.717, 1.165) is 17.2 Å². The number of phenolic OH excluding ortho intramolecular Hbond substituents is 1. The summed E-state index contributed by atoms with van der Waals surface area (Å²) >= 11 is 0. The van der Waals surface area contributed by atoms with Crippen molar-refractivity contribution in [3.8, 4) is 17.4 Å². The van der Waals surface area contributed by atoms with E-state index in [0.29, 0.717) is 17.3 Å². The van der Waals surface area contributed by atoms with E-state index in [-0.39, 0.29) is 11.4 Å². The van der Waals surface area contributed by atoms with Crippen LogP contribution in [-0.2, 0) is 0 Å². The molecule has 29 heavy (non-hydrogen) atoms. The Morgan fingerprint density at radius 3 is 2.69 bits per heavy atom. The fourth-order valence-corrected chi connectivity index (χ4v) is 3.18. The third kappa shape index (κ3) is 3.85. The first-order chi connectivity index (χ1) is 13.9. The summed E-state index contributed by atoms with van der Waals surface area (Å²) in [4.78, 5) is 17.4. The molecule has 1 atom stereocenters. The molecule has 7 heteroatoms. The van der Waals surface area contributed by atoms with Gasteiger partial charge in [-0.3, -0.25) is 9.13 Å². The minimum absolute atomic E-state index is 0.191. The molecular formula is C22H22FN3O3. The summed E-state index contributed by atoms with van der Waals surface area (Å²) in [6.07, 6.45) is 6.78. The van der Waals surface area contributed by atoms with Gasteiger partial charge >= 0.3 is 5.69 Å². The third-order valence-corrected chi connectivity index (χ3v) is 4.74. The van der Waals surface area contributed by atoms with E-state index in [1.807, 2.05) is 19.1 Å². The van der Waals surface area contributed by atoms with E-state index < -0.39 is 11.9 Å². The summed E-state index contributed by atoms with van der Waals surface area (Å²) in [5.74, 6) is 0.00746. The standard InChI is InChI=1S/C22H22FN3O3/c1-5-15(6-2)19-7-8-20(24-21(19)29-4)26-10-9-25(22(26)28)14(3)16-11-17(23)13-18(27)12-16/h5-14,27H,1H2,2-4H3/b15-6+. The van der Waals surface area contributed by atoms with Crippen LogP contribution in [0, 0.1) is 5.82 Å². The van der Waals surface area contributed by atoms with Gasteiger partial charge in [-0.2, -0.15) is 4.98 Å². The second-order valence-corrected chi connectivity index (χ2v) is 6.45. The minimum Gasteiger partial charge on any atom is -0.508 e. The Bertz CT molecular complexity index is 1120. The summed E-state index contributed by atoms with van der Waals surface area (Å²) in [6, 6.07) is 6.79. The molecular weight excluding hydrogens is 373 g/mol. The highest BCUT2D eigenvalue weighted by atomic mass is 19.1. The van der Waals surface area contributed by atoms with E-state index in [1.54, 1.807) is 31.5 Å². The summed E-state index contributed by atoms with van der Waals surface area (Å²) in [7, 11) is 1.51. The van der Waals surface area contributed by atoms with Crippen molar-refractivity contribution >= 4 is 5.57 Å².